The van der Waals surface area contributed by atoms with E-state index < -0.39 is 16.6 Å². The number of carbonyl (C=O) groups is 1. The number of ether oxygens (including phenoxy) is 1. The van der Waals surface area contributed by atoms with Crippen molar-refractivity contribution in [1.29, 1.82) is 0 Å². The second-order valence-electron chi connectivity index (χ2n) is 6.83. The van der Waals surface area contributed by atoms with Crippen LogP contribution in [0, 0.1) is 10.1 Å². The number of nitro groups is 1. The third-order valence-corrected chi connectivity index (χ3v) is 4.44. The van der Waals surface area contributed by atoms with Gasteiger partial charge in [0.25, 0.3) is 5.69 Å². The Labute approximate surface area is 178 Å². The molecule has 0 aliphatic heterocycles. The fourth-order valence-electron chi connectivity index (χ4n) is 2.53. The van der Waals surface area contributed by atoms with E-state index in [9.17, 15) is 14.9 Å². The number of rotatable bonds is 8. The van der Waals surface area contributed by atoms with Crippen molar-refractivity contribution in [3.05, 3.63) is 68.7 Å². The van der Waals surface area contributed by atoms with Gasteiger partial charge in [0.2, 0.25) is 0 Å². The van der Waals surface area contributed by atoms with Crippen LogP contribution in [0.25, 0.3) is 0 Å². The average molecular weight is 435 g/mol. The van der Waals surface area contributed by atoms with E-state index in [-0.39, 0.29) is 16.4 Å². The molecule has 2 rings (SSSR count). The Morgan fingerprint density at radius 1 is 1.30 bits per heavy atom. The zero-order chi connectivity index (χ0) is 22.3. The standard InChI is InChI=1S/C20H23ClN4O5/c1-13(24-29-10-9-22)14-5-4-6-15(11-14)20(2,3)30-19(26)23-16-7-8-17(21)18(12-16)25(27)28/h4-8,11-12H,9-10,22H2,1-3H3,(H,23,26)/b24-13+. The maximum absolute atomic E-state index is 12.4. The molecule has 0 aromatic heterocycles. The van der Waals surface area contributed by atoms with Crippen LogP contribution in [-0.2, 0) is 15.2 Å². The van der Waals surface area contributed by atoms with Crippen LogP contribution in [0.1, 0.15) is 31.9 Å². The van der Waals surface area contributed by atoms with E-state index >= 15 is 0 Å². The van der Waals surface area contributed by atoms with Crippen LogP contribution in [0.15, 0.2) is 47.6 Å². The Morgan fingerprint density at radius 3 is 2.70 bits per heavy atom. The summed E-state index contributed by atoms with van der Waals surface area (Å²) >= 11 is 5.78. The molecule has 3 N–H and O–H groups in total. The van der Waals surface area contributed by atoms with Gasteiger partial charge in [-0.15, -0.1) is 0 Å². The number of oxime groups is 1. The highest BCUT2D eigenvalue weighted by Gasteiger charge is 2.26. The summed E-state index contributed by atoms with van der Waals surface area (Å²) in [6.07, 6.45) is -0.765. The van der Waals surface area contributed by atoms with E-state index in [1.54, 1.807) is 20.8 Å². The topological polar surface area (TPSA) is 129 Å². The molecule has 0 atom stereocenters. The first-order valence-electron chi connectivity index (χ1n) is 9.05. The zero-order valence-corrected chi connectivity index (χ0v) is 17.6. The lowest BCUT2D eigenvalue weighted by atomic mass is 9.95. The molecule has 1 amide bonds. The van der Waals surface area contributed by atoms with Gasteiger partial charge in [0, 0.05) is 12.6 Å². The van der Waals surface area contributed by atoms with Crippen LogP contribution >= 0.6 is 11.6 Å². The van der Waals surface area contributed by atoms with E-state index in [2.05, 4.69) is 10.5 Å². The van der Waals surface area contributed by atoms with Crippen molar-refractivity contribution < 1.29 is 19.3 Å². The van der Waals surface area contributed by atoms with Crippen molar-refractivity contribution in [2.24, 2.45) is 10.9 Å². The third-order valence-electron chi connectivity index (χ3n) is 4.12. The van der Waals surface area contributed by atoms with E-state index in [1.807, 2.05) is 24.3 Å². The van der Waals surface area contributed by atoms with Crippen LogP contribution < -0.4 is 11.1 Å². The first kappa shape index (κ1) is 23.1. The molecule has 0 spiro atoms. The van der Waals surface area contributed by atoms with E-state index in [0.717, 1.165) is 11.1 Å². The maximum Gasteiger partial charge on any atom is 0.412 e. The molecular formula is C20H23ClN4O5. The summed E-state index contributed by atoms with van der Waals surface area (Å²) in [6, 6.07) is 11.3. The number of amides is 1. The summed E-state index contributed by atoms with van der Waals surface area (Å²) in [6.45, 7) is 5.93. The fourth-order valence-corrected chi connectivity index (χ4v) is 2.72. The molecule has 0 bridgehead atoms. The molecule has 0 heterocycles. The van der Waals surface area contributed by atoms with Gasteiger partial charge in [0.05, 0.1) is 16.3 Å². The van der Waals surface area contributed by atoms with E-state index in [0.29, 0.717) is 18.9 Å². The third kappa shape index (κ3) is 6.16. The molecule has 9 nitrogen and oxygen atoms in total. The highest BCUT2D eigenvalue weighted by atomic mass is 35.5. The minimum absolute atomic E-state index is 0.0245. The van der Waals surface area contributed by atoms with Gasteiger partial charge in [-0.25, -0.2) is 4.79 Å². The summed E-state index contributed by atoms with van der Waals surface area (Å²) < 4.78 is 5.55. The van der Waals surface area contributed by atoms with Crippen molar-refractivity contribution >= 4 is 34.8 Å². The lowest BCUT2D eigenvalue weighted by Crippen LogP contribution is -2.28. The first-order valence-corrected chi connectivity index (χ1v) is 9.43. The second-order valence-corrected chi connectivity index (χ2v) is 7.23. The van der Waals surface area contributed by atoms with Gasteiger partial charge >= 0.3 is 6.09 Å². The second kappa shape index (κ2) is 10.0. The lowest BCUT2D eigenvalue weighted by Gasteiger charge is -2.26. The summed E-state index contributed by atoms with van der Waals surface area (Å²) in [7, 11) is 0. The first-order chi connectivity index (χ1) is 14.1. The van der Waals surface area contributed by atoms with Crippen LogP contribution in [0.2, 0.25) is 5.02 Å². The molecule has 0 saturated heterocycles. The number of anilines is 1. The molecule has 2 aromatic carbocycles. The number of nitro benzene ring substituents is 1. The van der Waals surface area contributed by atoms with Crippen LogP contribution in [0.4, 0.5) is 16.2 Å². The number of hydrogen-bond acceptors (Lipinski definition) is 7. The summed E-state index contributed by atoms with van der Waals surface area (Å²) in [4.78, 5) is 27.8. The number of nitrogens with one attached hydrogen (secondary N) is 1. The molecular weight excluding hydrogens is 412 g/mol. The van der Waals surface area contributed by atoms with Gasteiger partial charge in [-0.2, -0.15) is 0 Å². The number of halogens is 1. The molecule has 160 valence electrons. The smallest absolute Gasteiger partial charge is 0.412 e. The van der Waals surface area contributed by atoms with Gasteiger partial charge in [0.15, 0.2) is 0 Å². The monoisotopic (exact) mass is 434 g/mol. The van der Waals surface area contributed by atoms with Crippen molar-refractivity contribution in [2.75, 3.05) is 18.5 Å². The Morgan fingerprint density at radius 2 is 2.03 bits per heavy atom. The molecule has 0 aliphatic rings. The summed E-state index contributed by atoms with van der Waals surface area (Å²) in [5.41, 5.74) is 6.45. The largest absolute Gasteiger partial charge is 0.438 e. The van der Waals surface area contributed by atoms with Gasteiger partial charge < -0.3 is 15.3 Å². The Bertz CT molecular complexity index is 962. The predicted octanol–water partition coefficient (Wildman–Crippen LogP) is 4.43. The van der Waals surface area contributed by atoms with Crippen molar-refractivity contribution in [3.8, 4) is 0 Å². The highest BCUT2D eigenvalue weighted by Crippen LogP contribution is 2.29. The SMILES string of the molecule is C/C(=N\OCCN)c1cccc(C(C)(C)OC(=O)Nc2ccc(Cl)c([N+](=O)[O-])c2)c1. The predicted molar refractivity (Wildman–Crippen MR) is 115 cm³/mol. The Kier molecular flexibility index (Phi) is 7.73. The molecule has 0 saturated carbocycles. The van der Waals surface area contributed by atoms with Crippen LogP contribution in [0.5, 0.6) is 0 Å². The highest BCUT2D eigenvalue weighted by molar-refractivity contribution is 6.32. The van der Waals surface area contributed by atoms with Gasteiger partial charge in [-0.3, -0.25) is 15.4 Å². The van der Waals surface area contributed by atoms with Crippen molar-refractivity contribution in [3.63, 3.8) is 0 Å². The molecule has 0 fully saturated rings. The molecule has 0 unspecified atom stereocenters. The van der Waals surface area contributed by atoms with E-state index in [1.165, 1.54) is 18.2 Å². The van der Waals surface area contributed by atoms with Crippen LogP contribution in [-0.4, -0.2) is 29.9 Å². The minimum Gasteiger partial charge on any atom is -0.438 e. The lowest BCUT2D eigenvalue weighted by molar-refractivity contribution is -0.384. The number of nitrogens with zero attached hydrogens (tertiary/aromatic N) is 2. The average Bonchev–Trinajstić information content (AvgIpc) is 2.69. The number of nitrogens with two attached hydrogens (primary N) is 1. The summed E-state index contributed by atoms with van der Waals surface area (Å²) in [5, 5.41) is 17.5. The number of benzene rings is 2. The van der Waals surface area contributed by atoms with Gasteiger partial charge in [-0.1, -0.05) is 35.0 Å². The molecule has 2 aromatic rings. The molecule has 30 heavy (non-hydrogen) atoms. The van der Waals surface area contributed by atoms with Crippen molar-refractivity contribution in [1.82, 2.24) is 0 Å². The maximum atomic E-state index is 12.4. The fraction of sp³-hybridized carbons (Fsp3) is 0.300. The zero-order valence-electron chi connectivity index (χ0n) is 16.8. The van der Waals surface area contributed by atoms with Crippen LogP contribution in [0.3, 0.4) is 0 Å². The quantitative estimate of drug-likeness (QED) is 0.273. The minimum atomic E-state index is -0.989. The van der Waals surface area contributed by atoms with Gasteiger partial charge in [-0.05, 0) is 50.1 Å². The molecule has 0 radical (unpaired) electrons. The number of hydrogen-bond donors (Lipinski definition) is 2. The number of carbonyl (C=O) groups excluding carboxylic acids is 1. The van der Waals surface area contributed by atoms with Gasteiger partial charge in [0.1, 0.15) is 17.2 Å². The summed E-state index contributed by atoms with van der Waals surface area (Å²) in [5.74, 6) is 0. The normalized spacial score (nSPS) is 11.7. The molecule has 0 aliphatic carbocycles. The van der Waals surface area contributed by atoms with Crippen molar-refractivity contribution in [2.45, 2.75) is 26.4 Å². The Hall–Kier alpha value is -3.17. The Balaban J connectivity index is 2.13. The van der Waals surface area contributed by atoms with E-state index in [4.69, 9.17) is 26.9 Å². The molecule has 10 heteroatoms.